The van der Waals surface area contributed by atoms with Crippen LogP contribution < -0.4 is 0 Å². The molecule has 0 spiro atoms. The van der Waals surface area contributed by atoms with Gasteiger partial charge >= 0.3 is 11.9 Å². The molecule has 9 heteroatoms. The van der Waals surface area contributed by atoms with Gasteiger partial charge in [0.1, 0.15) is 0 Å². The van der Waals surface area contributed by atoms with Gasteiger partial charge in [0, 0.05) is 12.8 Å². The Balaban J connectivity index is 0. The number of aliphatic carboxylic acids is 2. The fourth-order valence-electron chi connectivity index (χ4n) is 1.64. The van der Waals surface area contributed by atoms with E-state index in [2.05, 4.69) is 37.4 Å². The molecule has 0 radical (unpaired) electrons. The number of thiol groups is 2. The average molecular weight is 397 g/mol. The van der Waals surface area contributed by atoms with Gasteiger partial charge in [-0.05, 0) is 37.8 Å². The standard InChI is InChI=1S/C10H14O.2C2H4O2S.C2H6O2/c1-2-6-9(5-1)11-10-7-3-4-8-10;2*3-2(4)1-5;3-1-2-4/h5,7H,1-4,6,8H2;2*5H,1H2,(H,3,4);3-4H,1-2H2. The number of carbonyl (C=O) groups is 2. The Labute approximate surface area is 159 Å². The molecular formula is C16H28O7S2. The summed E-state index contributed by atoms with van der Waals surface area (Å²) < 4.78 is 5.69. The molecule has 0 amide bonds. The largest absolute Gasteiger partial charge is 0.481 e. The molecule has 2 aliphatic carbocycles. The topological polar surface area (TPSA) is 124 Å². The number of carboxylic acids is 2. The second-order valence-corrected chi connectivity index (χ2v) is 5.41. The van der Waals surface area contributed by atoms with Crippen LogP contribution in [0.2, 0.25) is 0 Å². The summed E-state index contributed by atoms with van der Waals surface area (Å²) in [7, 11) is 0. The van der Waals surface area contributed by atoms with Crippen molar-refractivity contribution in [2.45, 2.75) is 38.5 Å². The third-order valence-corrected chi connectivity index (χ3v) is 3.17. The van der Waals surface area contributed by atoms with Gasteiger partial charge in [-0.15, -0.1) is 0 Å². The lowest BCUT2D eigenvalue weighted by atomic mass is 10.3. The molecule has 2 aliphatic rings. The lowest BCUT2D eigenvalue weighted by molar-refractivity contribution is -0.134. The first-order valence-corrected chi connectivity index (χ1v) is 9.10. The van der Waals surface area contributed by atoms with Gasteiger partial charge in [0.15, 0.2) is 0 Å². The van der Waals surface area contributed by atoms with Crippen LogP contribution in [0.25, 0.3) is 0 Å². The summed E-state index contributed by atoms with van der Waals surface area (Å²) >= 11 is 6.83. The molecule has 0 bridgehead atoms. The lowest BCUT2D eigenvalue weighted by Crippen LogP contribution is -1.92. The van der Waals surface area contributed by atoms with Crippen molar-refractivity contribution in [2.75, 3.05) is 24.7 Å². The van der Waals surface area contributed by atoms with Crippen LogP contribution in [0.5, 0.6) is 0 Å². The number of hydrogen-bond donors (Lipinski definition) is 6. The summed E-state index contributed by atoms with van der Waals surface area (Å²) in [4.78, 5) is 18.6. The zero-order valence-electron chi connectivity index (χ0n) is 14.1. The van der Waals surface area contributed by atoms with Crippen molar-refractivity contribution >= 4 is 37.2 Å². The number of allylic oxidation sites excluding steroid dienone is 4. The van der Waals surface area contributed by atoms with Gasteiger partial charge in [0.25, 0.3) is 0 Å². The predicted octanol–water partition coefficient (Wildman–Crippen LogP) is 2.11. The van der Waals surface area contributed by atoms with E-state index in [-0.39, 0.29) is 24.7 Å². The van der Waals surface area contributed by atoms with E-state index in [1.807, 2.05) is 0 Å². The first-order valence-electron chi connectivity index (χ1n) is 7.84. The zero-order chi connectivity index (χ0) is 19.5. The van der Waals surface area contributed by atoms with Crippen LogP contribution in [0.1, 0.15) is 38.5 Å². The fraction of sp³-hybridized carbons (Fsp3) is 0.625. The number of carboxylic acid groups (broad SMARTS) is 2. The summed E-state index contributed by atoms with van der Waals surface area (Å²) in [6.07, 6.45) is 11.7. The maximum Gasteiger partial charge on any atom is 0.313 e. The van der Waals surface area contributed by atoms with Crippen molar-refractivity contribution < 1.29 is 34.8 Å². The van der Waals surface area contributed by atoms with Crippen LogP contribution in [-0.4, -0.2) is 57.1 Å². The highest BCUT2D eigenvalue weighted by Gasteiger charge is 2.10. The molecular weight excluding hydrogens is 368 g/mol. The van der Waals surface area contributed by atoms with Crippen molar-refractivity contribution in [1.29, 1.82) is 0 Å². The maximum atomic E-state index is 9.29. The molecule has 25 heavy (non-hydrogen) atoms. The molecule has 0 saturated heterocycles. The van der Waals surface area contributed by atoms with Crippen LogP contribution in [0, 0.1) is 0 Å². The highest BCUT2D eigenvalue weighted by molar-refractivity contribution is 7.81. The minimum Gasteiger partial charge on any atom is -0.481 e. The number of ether oxygens (including phenoxy) is 1. The highest BCUT2D eigenvalue weighted by atomic mass is 32.1. The van der Waals surface area contributed by atoms with Crippen molar-refractivity contribution in [3.05, 3.63) is 23.7 Å². The van der Waals surface area contributed by atoms with E-state index >= 15 is 0 Å². The minimum atomic E-state index is -0.881. The fourth-order valence-corrected chi connectivity index (χ4v) is 1.64. The normalized spacial score (nSPS) is 14.4. The molecule has 146 valence electrons. The molecule has 2 rings (SSSR count). The van der Waals surface area contributed by atoms with Crippen molar-refractivity contribution in [3.63, 3.8) is 0 Å². The van der Waals surface area contributed by atoms with Crippen LogP contribution in [0.4, 0.5) is 0 Å². The lowest BCUT2D eigenvalue weighted by Gasteiger charge is -2.05. The first kappa shape index (κ1) is 26.1. The number of aliphatic hydroxyl groups is 2. The van der Waals surface area contributed by atoms with Gasteiger partial charge in [-0.25, -0.2) is 0 Å². The Kier molecular flexibility index (Phi) is 20.0. The zero-order valence-corrected chi connectivity index (χ0v) is 15.9. The van der Waals surface area contributed by atoms with E-state index in [1.165, 1.54) is 37.2 Å². The molecule has 0 aromatic carbocycles. The smallest absolute Gasteiger partial charge is 0.313 e. The van der Waals surface area contributed by atoms with Gasteiger partial charge in [-0.1, -0.05) is 0 Å². The third kappa shape index (κ3) is 20.8. The Bertz CT molecular complexity index is 385. The number of aliphatic hydroxyl groups excluding tert-OH is 2. The van der Waals surface area contributed by atoms with E-state index < -0.39 is 11.9 Å². The van der Waals surface area contributed by atoms with Gasteiger partial charge in [0.05, 0.1) is 36.2 Å². The molecule has 0 fully saturated rings. The molecule has 0 unspecified atom stereocenters. The monoisotopic (exact) mass is 396 g/mol. The maximum absolute atomic E-state index is 9.29. The van der Waals surface area contributed by atoms with E-state index in [9.17, 15) is 9.59 Å². The van der Waals surface area contributed by atoms with Crippen LogP contribution in [0.3, 0.4) is 0 Å². The van der Waals surface area contributed by atoms with E-state index in [0.717, 1.165) is 12.8 Å². The number of hydrogen-bond acceptors (Lipinski definition) is 7. The predicted molar refractivity (Wildman–Crippen MR) is 102 cm³/mol. The molecule has 0 aliphatic heterocycles. The molecule has 0 atom stereocenters. The van der Waals surface area contributed by atoms with Crippen LogP contribution in [-0.2, 0) is 14.3 Å². The summed E-state index contributed by atoms with van der Waals surface area (Å²) in [6, 6.07) is 0. The molecule has 0 aromatic heterocycles. The molecule has 7 nitrogen and oxygen atoms in total. The summed E-state index contributed by atoms with van der Waals surface area (Å²) in [5.41, 5.74) is 0. The van der Waals surface area contributed by atoms with Crippen molar-refractivity contribution in [2.24, 2.45) is 0 Å². The van der Waals surface area contributed by atoms with Crippen LogP contribution in [0.15, 0.2) is 23.7 Å². The average Bonchev–Trinajstić information content (AvgIpc) is 3.30. The Morgan fingerprint density at radius 2 is 1.20 bits per heavy atom. The van der Waals surface area contributed by atoms with E-state index in [1.54, 1.807) is 0 Å². The summed E-state index contributed by atoms with van der Waals surface area (Å²) in [5.74, 6) is 0.484. The SMILES string of the molecule is C1=C(OC2=CCCC2)CCC1.O=C(O)CS.O=C(O)CS.OCCO. The minimum absolute atomic E-state index is 0.0833. The van der Waals surface area contributed by atoms with Gasteiger partial charge < -0.3 is 25.2 Å². The van der Waals surface area contributed by atoms with Gasteiger partial charge in [-0.3, -0.25) is 9.59 Å². The van der Waals surface area contributed by atoms with Gasteiger partial charge in [-0.2, -0.15) is 25.3 Å². The third-order valence-electron chi connectivity index (χ3n) is 2.63. The van der Waals surface area contributed by atoms with E-state index in [0.29, 0.717) is 0 Å². The van der Waals surface area contributed by atoms with Crippen molar-refractivity contribution in [1.82, 2.24) is 0 Å². The summed E-state index contributed by atoms with van der Waals surface area (Å²) in [6.45, 7) is -0.250. The van der Waals surface area contributed by atoms with Crippen LogP contribution >= 0.6 is 25.3 Å². The van der Waals surface area contributed by atoms with E-state index in [4.69, 9.17) is 25.2 Å². The molecule has 0 aromatic rings. The molecule has 4 N–H and O–H groups in total. The Morgan fingerprint density at radius 1 is 0.880 bits per heavy atom. The van der Waals surface area contributed by atoms with Crippen molar-refractivity contribution in [3.8, 4) is 0 Å². The highest BCUT2D eigenvalue weighted by Crippen LogP contribution is 2.26. The number of rotatable bonds is 5. The summed E-state index contributed by atoms with van der Waals surface area (Å²) in [5, 5.41) is 30.5. The van der Waals surface area contributed by atoms with Gasteiger partial charge in [0.2, 0.25) is 0 Å². The molecule has 0 heterocycles. The first-order chi connectivity index (χ1) is 11.9. The quantitative estimate of drug-likeness (QED) is 0.393. The molecule has 0 saturated carbocycles. The second kappa shape index (κ2) is 19.2. The Hall–Kier alpha value is -1.16. The second-order valence-electron chi connectivity index (χ2n) is 4.78. The Morgan fingerprint density at radius 3 is 1.36 bits per heavy atom.